The Morgan fingerprint density at radius 1 is 1.36 bits per heavy atom. The summed E-state index contributed by atoms with van der Waals surface area (Å²) < 4.78 is 13.1. The van der Waals surface area contributed by atoms with Crippen molar-refractivity contribution < 1.29 is 4.39 Å². The van der Waals surface area contributed by atoms with E-state index in [0.29, 0.717) is 5.82 Å². The number of nitrogens with two attached hydrogens (primary N) is 1. The van der Waals surface area contributed by atoms with Crippen LogP contribution in [0.2, 0.25) is 0 Å². The Hall–Kier alpha value is -1.84. The molecular weight excluding hydrogens is 181 g/mol. The van der Waals surface area contributed by atoms with Crippen LogP contribution in [0.4, 0.5) is 10.2 Å². The predicted octanol–water partition coefficient (Wildman–Crippen LogP) is 2.11. The smallest absolute Gasteiger partial charge is 0.126 e. The van der Waals surface area contributed by atoms with Crippen molar-refractivity contribution in [1.29, 1.82) is 0 Å². The standard InChI is InChI=1S/C10H10FN3/c1-6-2-7(4-8(11)3-6)9-5-13-14-10(9)12/h2-5H,1H3,(H3,12,13,14). The number of H-pyrrole nitrogens is 1. The van der Waals surface area contributed by atoms with Crippen molar-refractivity contribution in [3.05, 3.63) is 35.8 Å². The van der Waals surface area contributed by atoms with Crippen LogP contribution < -0.4 is 5.73 Å². The van der Waals surface area contributed by atoms with Gasteiger partial charge in [0.25, 0.3) is 0 Å². The van der Waals surface area contributed by atoms with Gasteiger partial charge in [0.2, 0.25) is 0 Å². The summed E-state index contributed by atoms with van der Waals surface area (Å²) in [6.45, 7) is 1.84. The number of anilines is 1. The third-order valence-corrected chi connectivity index (χ3v) is 2.02. The van der Waals surface area contributed by atoms with Gasteiger partial charge in [0.15, 0.2) is 0 Å². The fraction of sp³-hybridized carbons (Fsp3) is 0.100. The Balaban J connectivity index is 2.57. The molecule has 0 unspecified atom stereocenters. The number of aromatic nitrogens is 2. The first-order chi connectivity index (χ1) is 6.66. The van der Waals surface area contributed by atoms with Crippen LogP contribution in [-0.4, -0.2) is 10.2 Å². The highest BCUT2D eigenvalue weighted by atomic mass is 19.1. The van der Waals surface area contributed by atoms with Crippen molar-refractivity contribution >= 4 is 5.82 Å². The molecule has 0 aliphatic rings. The van der Waals surface area contributed by atoms with E-state index in [2.05, 4.69) is 10.2 Å². The lowest BCUT2D eigenvalue weighted by molar-refractivity contribution is 0.627. The van der Waals surface area contributed by atoms with Crippen LogP contribution in [0.15, 0.2) is 24.4 Å². The molecule has 0 aliphatic carbocycles. The monoisotopic (exact) mass is 191 g/mol. The summed E-state index contributed by atoms with van der Waals surface area (Å²) >= 11 is 0. The van der Waals surface area contributed by atoms with Crippen LogP contribution in [0.5, 0.6) is 0 Å². The van der Waals surface area contributed by atoms with Crippen molar-refractivity contribution in [2.45, 2.75) is 6.92 Å². The van der Waals surface area contributed by atoms with Crippen LogP contribution in [0.3, 0.4) is 0 Å². The molecule has 0 atom stereocenters. The van der Waals surface area contributed by atoms with Gasteiger partial charge >= 0.3 is 0 Å². The van der Waals surface area contributed by atoms with Gasteiger partial charge in [-0.15, -0.1) is 0 Å². The number of nitrogens with zero attached hydrogens (tertiary/aromatic N) is 1. The van der Waals surface area contributed by atoms with Crippen LogP contribution in [-0.2, 0) is 0 Å². The minimum absolute atomic E-state index is 0.263. The van der Waals surface area contributed by atoms with Crippen molar-refractivity contribution in [1.82, 2.24) is 10.2 Å². The molecule has 0 bridgehead atoms. The van der Waals surface area contributed by atoms with Crippen molar-refractivity contribution in [3.63, 3.8) is 0 Å². The summed E-state index contributed by atoms with van der Waals surface area (Å²) in [6, 6.07) is 4.78. The number of aromatic amines is 1. The van der Waals surface area contributed by atoms with E-state index in [-0.39, 0.29) is 5.82 Å². The second kappa shape index (κ2) is 3.14. The third kappa shape index (κ3) is 1.46. The molecule has 1 aromatic carbocycles. The normalized spacial score (nSPS) is 10.4. The lowest BCUT2D eigenvalue weighted by Gasteiger charge is -2.01. The topological polar surface area (TPSA) is 54.7 Å². The molecular formula is C10H10FN3. The Kier molecular flexibility index (Phi) is 1.96. The largest absolute Gasteiger partial charge is 0.384 e. The van der Waals surface area contributed by atoms with Gasteiger partial charge in [-0.25, -0.2) is 4.39 Å². The van der Waals surface area contributed by atoms with Crippen LogP contribution in [0, 0.1) is 12.7 Å². The second-order valence-corrected chi connectivity index (χ2v) is 3.21. The maximum atomic E-state index is 13.1. The molecule has 0 saturated heterocycles. The van der Waals surface area contributed by atoms with Crippen molar-refractivity contribution in [3.8, 4) is 11.1 Å². The quantitative estimate of drug-likeness (QED) is 0.725. The summed E-state index contributed by atoms with van der Waals surface area (Å²) in [4.78, 5) is 0. The molecule has 0 aliphatic heterocycles. The average molecular weight is 191 g/mol. The molecule has 1 heterocycles. The van der Waals surface area contributed by atoms with Gasteiger partial charge in [-0.1, -0.05) is 6.07 Å². The highest BCUT2D eigenvalue weighted by Gasteiger charge is 2.06. The minimum atomic E-state index is -0.263. The number of nitrogen functional groups attached to an aromatic ring is 1. The van der Waals surface area contributed by atoms with E-state index in [9.17, 15) is 4.39 Å². The molecule has 0 spiro atoms. The van der Waals surface area contributed by atoms with Gasteiger partial charge in [0.1, 0.15) is 11.6 Å². The Morgan fingerprint density at radius 2 is 2.14 bits per heavy atom. The number of rotatable bonds is 1. The molecule has 0 radical (unpaired) electrons. The zero-order valence-corrected chi connectivity index (χ0v) is 7.71. The Morgan fingerprint density at radius 3 is 2.71 bits per heavy atom. The lowest BCUT2D eigenvalue weighted by Crippen LogP contribution is -1.89. The molecule has 0 fully saturated rings. The van der Waals surface area contributed by atoms with E-state index < -0.39 is 0 Å². The first-order valence-corrected chi connectivity index (χ1v) is 4.23. The molecule has 72 valence electrons. The summed E-state index contributed by atoms with van der Waals surface area (Å²) in [6.07, 6.45) is 1.59. The molecule has 2 rings (SSSR count). The lowest BCUT2D eigenvalue weighted by atomic mass is 10.1. The minimum Gasteiger partial charge on any atom is -0.384 e. The van der Waals surface area contributed by atoms with Crippen LogP contribution >= 0.6 is 0 Å². The zero-order chi connectivity index (χ0) is 10.1. The van der Waals surface area contributed by atoms with Gasteiger partial charge in [-0.2, -0.15) is 5.10 Å². The molecule has 3 nitrogen and oxygen atoms in total. The van der Waals surface area contributed by atoms with Crippen molar-refractivity contribution in [2.24, 2.45) is 0 Å². The molecule has 3 N–H and O–H groups in total. The van der Waals surface area contributed by atoms with E-state index in [1.165, 1.54) is 12.1 Å². The van der Waals surface area contributed by atoms with Crippen LogP contribution in [0.1, 0.15) is 5.56 Å². The fourth-order valence-electron chi connectivity index (χ4n) is 1.42. The molecule has 2 aromatic rings. The summed E-state index contributed by atoms with van der Waals surface area (Å²) in [7, 11) is 0. The number of hydrogen-bond donors (Lipinski definition) is 2. The van der Waals surface area contributed by atoms with Gasteiger partial charge in [0, 0.05) is 5.56 Å². The number of nitrogens with one attached hydrogen (secondary N) is 1. The number of halogens is 1. The zero-order valence-electron chi connectivity index (χ0n) is 7.71. The highest BCUT2D eigenvalue weighted by Crippen LogP contribution is 2.25. The molecule has 14 heavy (non-hydrogen) atoms. The average Bonchev–Trinajstić information content (AvgIpc) is 2.49. The second-order valence-electron chi connectivity index (χ2n) is 3.21. The van der Waals surface area contributed by atoms with E-state index >= 15 is 0 Å². The molecule has 0 saturated carbocycles. The van der Waals surface area contributed by atoms with Gasteiger partial charge in [-0.3, -0.25) is 5.10 Å². The molecule has 1 aromatic heterocycles. The fourth-order valence-corrected chi connectivity index (χ4v) is 1.42. The number of aryl methyl sites for hydroxylation is 1. The van der Waals surface area contributed by atoms with Gasteiger partial charge in [0.05, 0.1) is 6.20 Å². The number of benzene rings is 1. The summed E-state index contributed by atoms with van der Waals surface area (Å²) in [5.41, 5.74) is 7.97. The van der Waals surface area contributed by atoms with Crippen molar-refractivity contribution in [2.75, 3.05) is 5.73 Å². The van der Waals surface area contributed by atoms with Crippen LogP contribution in [0.25, 0.3) is 11.1 Å². The first-order valence-electron chi connectivity index (χ1n) is 4.23. The van der Waals surface area contributed by atoms with Gasteiger partial charge < -0.3 is 5.73 Å². The Bertz CT molecular complexity index is 442. The summed E-state index contributed by atoms with van der Waals surface area (Å²) in [5, 5.41) is 6.40. The van der Waals surface area contributed by atoms with Gasteiger partial charge in [-0.05, 0) is 30.2 Å². The van der Waals surface area contributed by atoms with E-state index in [1.807, 2.05) is 13.0 Å². The number of hydrogen-bond acceptors (Lipinski definition) is 2. The predicted molar refractivity (Wildman–Crippen MR) is 53.1 cm³/mol. The maximum absolute atomic E-state index is 13.1. The first kappa shape index (κ1) is 8.74. The van der Waals surface area contributed by atoms with E-state index in [4.69, 9.17) is 5.73 Å². The molecule has 0 amide bonds. The highest BCUT2D eigenvalue weighted by molar-refractivity contribution is 5.73. The Labute approximate surface area is 80.8 Å². The van der Waals surface area contributed by atoms with E-state index in [0.717, 1.165) is 16.7 Å². The molecule has 4 heteroatoms. The SMILES string of the molecule is Cc1cc(F)cc(-c2cn[nH]c2N)c1. The van der Waals surface area contributed by atoms with E-state index in [1.54, 1.807) is 6.20 Å². The third-order valence-electron chi connectivity index (χ3n) is 2.02. The summed E-state index contributed by atoms with van der Waals surface area (Å²) in [5.74, 6) is 0.190. The maximum Gasteiger partial charge on any atom is 0.126 e.